The quantitative estimate of drug-likeness (QED) is 0.420. The van der Waals surface area contributed by atoms with Gasteiger partial charge in [0.25, 0.3) is 5.56 Å². The number of rotatable bonds is 4. The Morgan fingerprint density at radius 2 is 2.00 bits per heavy atom. The second-order valence-electron chi connectivity index (χ2n) is 7.18. The third-order valence-electron chi connectivity index (χ3n) is 5.07. The number of fused-ring (bicyclic) bond motifs is 2. The Kier molecular flexibility index (Phi) is 5.40. The van der Waals surface area contributed by atoms with Crippen LogP contribution in [-0.2, 0) is 4.79 Å². The molecule has 1 amide bonds. The Bertz CT molecular complexity index is 1420. The number of hydrogen-bond donors (Lipinski definition) is 1. The molecule has 1 aliphatic heterocycles. The predicted molar refractivity (Wildman–Crippen MR) is 123 cm³/mol. The van der Waals surface area contributed by atoms with E-state index in [-0.39, 0.29) is 29.7 Å². The van der Waals surface area contributed by atoms with Gasteiger partial charge in [0.15, 0.2) is 10.8 Å². The number of hydrogen-bond acceptors (Lipinski definition) is 5. The van der Waals surface area contributed by atoms with Crippen LogP contribution in [0, 0.1) is 5.82 Å². The summed E-state index contributed by atoms with van der Waals surface area (Å²) in [6, 6.07) is 10.2. The van der Waals surface area contributed by atoms with E-state index < -0.39 is 0 Å². The van der Waals surface area contributed by atoms with Crippen molar-refractivity contribution in [3.63, 3.8) is 0 Å². The van der Waals surface area contributed by atoms with Crippen LogP contribution >= 0.6 is 35.0 Å². The summed E-state index contributed by atoms with van der Waals surface area (Å²) in [7, 11) is 0. The maximum absolute atomic E-state index is 13.3. The highest BCUT2D eigenvalue weighted by atomic mass is 35.5. The first-order chi connectivity index (χ1) is 15.4. The SMILES string of the molecule is O=C(CC1CSc2nc3c(cnn3-c3ccc(F)cc3)c(=O)n21)Nc1cc(Cl)ccc1Cl. The number of nitrogens with one attached hydrogen (secondary N) is 1. The van der Waals surface area contributed by atoms with Gasteiger partial charge in [-0.15, -0.1) is 0 Å². The molecule has 1 N–H and O–H groups in total. The van der Waals surface area contributed by atoms with Crippen LogP contribution in [0.25, 0.3) is 16.7 Å². The minimum Gasteiger partial charge on any atom is -0.325 e. The molecule has 7 nitrogen and oxygen atoms in total. The first-order valence-corrected chi connectivity index (χ1v) is 11.3. The lowest BCUT2D eigenvalue weighted by Crippen LogP contribution is -2.27. The largest absolute Gasteiger partial charge is 0.325 e. The number of aromatic nitrogens is 4. The van der Waals surface area contributed by atoms with Crippen molar-refractivity contribution in [3.8, 4) is 5.69 Å². The summed E-state index contributed by atoms with van der Waals surface area (Å²) in [5, 5.41) is 8.66. The summed E-state index contributed by atoms with van der Waals surface area (Å²) in [5.41, 5.74) is 1.12. The summed E-state index contributed by atoms with van der Waals surface area (Å²) in [5.74, 6) is -0.133. The fourth-order valence-corrected chi connectivity index (χ4v) is 5.03. The van der Waals surface area contributed by atoms with Crippen molar-refractivity contribution < 1.29 is 9.18 Å². The van der Waals surface area contributed by atoms with Crippen LogP contribution in [0.15, 0.2) is 58.6 Å². The van der Waals surface area contributed by atoms with Crippen molar-refractivity contribution in [1.82, 2.24) is 19.3 Å². The van der Waals surface area contributed by atoms with E-state index in [2.05, 4.69) is 15.4 Å². The third kappa shape index (κ3) is 3.76. The van der Waals surface area contributed by atoms with Gasteiger partial charge < -0.3 is 5.32 Å². The molecule has 1 aliphatic rings. The molecular weight excluding hydrogens is 476 g/mol. The molecule has 11 heteroatoms. The average molecular weight is 490 g/mol. The van der Waals surface area contributed by atoms with Crippen molar-refractivity contribution in [2.75, 3.05) is 11.1 Å². The van der Waals surface area contributed by atoms with Gasteiger partial charge in [-0.25, -0.2) is 14.1 Å². The van der Waals surface area contributed by atoms with Crippen LogP contribution in [0.1, 0.15) is 12.5 Å². The Balaban J connectivity index is 1.44. The van der Waals surface area contributed by atoms with Gasteiger partial charge in [-0.3, -0.25) is 14.2 Å². The highest BCUT2D eigenvalue weighted by molar-refractivity contribution is 7.99. The summed E-state index contributed by atoms with van der Waals surface area (Å²) < 4.78 is 16.3. The first-order valence-electron chi connectivity index (χ1n) is 9.54. The number of thioether (sulfide) groups is 1. The van der Waals surface area contributed by atoms with Gasteiger partial charge >= 0.3 is 0 Å². The lowest BCUT2D eigenvalue weighted by Gasteiger charge is -2.14. The van der Waals surface area contributed by atoms with Crippen LogP contribution in [0.3, 0.4) is 0 Å². The molecular formula is C21H14Cl2FN5O2S. The van der Waals surface area contributed by atoms with Crippen molar-refractivity contribution in [2.45, 2.75) is 17.6 Å². The van der Waals surface area contributed by atoms with E-state index >= 15 is 0 Å². The van der Waals surface area contributed by atoms with Gasteiger partial charge in [-0.2, -0.15) is 5.10 Å². The first kappa shape index (κ1) is 21.0. The molecule has 0 bridgehead atoms. The zero-order chi connectivity index (χ0) is 22.4. The molecule has 0 spiro atoms. The monoisotopic (exact) mass is 489 g/mol. The molecule has 162 valence electrons. The van der Waals surface area contributed by atoms with E-state index in [9.17, 15) is 14.0 Å². The van der Waals surface area contributed by atoms with Crippen LogP contribution in [-0.4, -0.2) is 31.0 Å². The molecule has 0 radical (unpaired) electrons. The molecule has 0 fully saturated rings. The fourth-order valence-electron chi connectivity index (χ4n) is 3.56. The maximum atomic E-state index is 13.3. The van der Waals surface area contributed by atoms with Gasteiger partial charge in [0, 0.05) is 17.2 Å². The zero-order valence-corrected chi connectivity index (χ0v) is 18.6. The van der Waals surface area contributed by atoms with E-state index in [1.54, 1.807) is 30.3 Å². The van der Waals surface area contributed by atoms with E-state index in [1.165, 1.54) is 39.3 Å². The third-order valence-corrected chi connectivity index (χ3v) is 6.73. The number of anilines is 1. The number of carbonyl (C=O) groups excluding carboxylic acids is 1. The van der Waals surface area contributed by atoms with Gasteiger partial charge in [0.1, 0.15) is 11.2 Å². The van der Waals surface area contributed by atoms with E-state index in [4.69, 9.17) is 23.2 Å². The second kappa shape index (κ2) is 8.23. The summed E-state index contributed by atoms with van der Waals surface area (Å²) in [6.45, 7) is 0. The van der Waals surface area contributed by atoms with E-state index in [0.717, 1.165) is 0 Å². The number of benzene rings is 2. The molecule has 4 aromatic rings. The Morgan fingerprint density at radius 3 is 2.78 bits per heavy atom. The van der Waals surface area contributed by atoms with Gasteiger partial charge in [-0.05, 0) is 42.5 Å². The minimum atomic E-state index is -0.369. The highest BCUT2D eigenvalue weighted by Gasteiger charge is 2.29. The van der Waals surface area contributed by atoms with Gasteiger partial charge in [-0.1, -0.05) is 35.0 Å². The Morgan fingerprint density at radius 1 is 1.22 bits per heavy atom. The minimum absolute atomic E-state index is 0.0715. The molecule has 5 rings (SSSR count). The van der Waals surface area contributed by atoms with Gasteiger partial charge in [0.05, 0.1) is 28.6 Å². The molecule has 1 unspecified atom stereocenters. The molecule has 2 aromatic carbocycles. The number of amides is 1. The van der Waals surface area contributed by atoms with Crippen LogP contribution < -0.4 is 10.9 Å². The Hall–Kier alpha value is -2.88. The molecule has 3 heterocycles. The second-order valence-corrected chi connectivity index (χ2v) is 9.01. The van der Waals surface area contributed by atoms with Crippen molar-refractivity contribution in [3.05, 3.63) is 74.9 Å². The summed E-state index contributed by atoms with van der Waals surface area (Å²) in [6.07, 6.45) is 1.51. The smallest absolute Gasteiger partial charge is 0.265 e. The maximum Gasteiger partial charge on any atom is 0.265 e. The summed E-state index contributed by atoms with van der Waals surface area (Å²) in [4.78, 5) is 30.4. The van der Waals surface area contributed by atoms with Crippen LogP contribution in [0.4, 0.5) is 10.1 Å². The van der Waals surface area contributed by atoms with Crippen molar-refractivity contribution in [1.29, 1.82) is 0 Å². The van der Waals surface area contributed by atoms with Crippen LogP contribution in [0.5, 0.6) is 0 Å². The lowest BCUT2D eigenvalue weighted by molar-refractivity contribution is -0.116. The number of halogens is 3. The van der Waals surface area contributed by atoms with Crippen LogP contribution in [0.2, 0.25) is 10.0 Å². The number of carbonyl (C=O) groups is 1. The molecule has 32 heavy (non-hydrogen) atoms. The fraction of sp³-hybridized carbons (Fsp3) is 0.143. The molecule has 2 aromatic heterocycles. The molecule has 0 saturated carbocycles. The molecule has 1 atom stereocenters. The standard InChI is InChI=1S/C21H14Cl2FN5O2S/c22-11-1-6-16(23)17(7-11)26-18(30)8-14-10-32-21-27-19-15(20(31)28(14)21)9-25-29(19)13-4-2-12(24)3-5-13/h1-7,9,14H,8,10H2,(H,26,30). The average Bonchev–Trinajstić information content (AvgIpc) is 3.36. The lowest BCUT2D eigenvalue weighted by atomic mass is 10.2. The normalized spacial score (nSPS) is 15.2. The molecule has 0 aliphatic carbocycles. The van der Waals surface area contributed by atoms with E-state index in [1.807, 2.05) is 0 Å². The predicted octanol–water partition coefficient (Wildman–Crippen LogP) is 4.70. The van der Waals surface area contributed by atoms with Crippen molar-refractivity contribution in [2.24, 2.45) is 0 Å². The van der Waals surface area contributed by atoms with Crippen molar-refractivity contribution >= 4 is 57.6 Å². The van der Waals surface area contributed by atoms with Gasteiger partial charge in [0.2, 0.25) is 5.91 Å². The topological polar surface area (TPSA) is 81.8 Å². The number of nitrogens with zero attached hydrogens (tertiary/aromatic N) is 4. The molecule has 0 saturated heterocycles. The zero-order valence-electron chi connectivity index (χ0n) is 16.3. The van der Waals surface area contributed by atoms with E-state index in [0.29, 0.717) is 43.4 Å². The highest BCUT2D eigenvalue weighted by Crippen LogP contribution is 2.34. The summed E-state index contributed by atoms with van der Waals surface area (Å²) >= 11 is 13.5. The Labute approximate surface area is 195 Å².